The number of benzene rings is 2. The summed E-state index contributed by atoms with van der Waals surface area (Å²) in [6.45, 7) is 1.53. The van der Waals surface area contributed by atoms with Crippen molar-refractivity contribution in [2.45, 2.75) is 19.4 Å². The van der Waals surface area contributed by atoms with Gasteiger partial charge in [0.1, 0.15) is 0 Å². The van der Waals surface area contributed by atoms with E-state index in [9.17, 15) is 26.7 Å². The number of hydrogen-bond donors (Lipinski definition) is 1. The van der Waals surface area contributed by atoms with Crippen LogP contribution in [0.15, 0.2) is 18.2 Å². The Balaban J connectivity index is 2.21. The van der Waals surface area contributed by atoms with E-state index in [0.717, 1.165) is 0 Å². The van der Waals surface area contributed by atoms with Crippen molar-refractivity contribution in [2.75, 3.05) is 0 Å². The van der Waals surface area contributed by atoms with Gasteiger partial charge in [-0.3, -0.25) is 4.79 Å². The molecule has 0 aliphatic carbocycles. The Labute approximate surface area is 149 Å². The number of nitrogens with one attached hydrogen (secondary N) is 1. The van der Waals surface area contributed by atoms with Gasteiger partial charge >= 0.3 is 0 Å². The lowest BCUT2D eigenvalue weighted by molar-refractivity contribution is -0.121. The molecule has 2 aromatic rings. The first kappa shape index (κ1) is 19.5. The van der Waals surface area contributed by atoms with Crippen molar-refractivity contribution in [1.82, 2.24) is 5.32 Å². The number of hydrogen-bond acceptors (Lipinski definition) is 1. The Morgan fingerprint density at radius 1 is 1.00 bits per heavy atom. The van der Waals surface area contributed by atoms with Crippen molar-refractivity contribution in [3.05, 3.63) is 68.5 Å². The predicted molar refractivity (Wildman–Crippen MR) is 83.0 cm³/mol. The van der Waals surface area contributed by atoms with E-state index in [-0.39, 0.29) is 5.02 Å². The molecule has 2 rings (SSSR count). The van der Waals surface area contributed by atoms with Crippen LogP contribution in [0.25, 0.3) is 0 Å². The van der Waals surface area contributed by atoms with Gasteiger partial charge in [0.25, 0.3) is 0 Å². The summed E-state index contributed by atoms with van der Waals surface area (Å²) < 4.78 is 66.5. The summed E-state index contributed by atoms with van der Waals surface area (Å²) in [7, 11) is 0. The van der Waals surface area contributed by atoms with Gasteiger partial charge in [-0.1, -0.05) is 29.3 Å². The van der Waals surface area contributed by atoms with E-state index in [4.69, 9.17) is 23.2 Å². The molecule has 0 unspecified atom stereocenters. The van der Waals surface area contributed by atoms with Crippen LogP contribution in [0, 0.1) is 29.1 Å². The molecular weight excluding hydrogens is 388 g/mol. The summed E-state index contributed by atoms with van der Waals surface area (Å²) >= 11 is 11.7. The molecule has 1 atom stereocenters. The molecule has 9 heteroatoms. The molecule has 0 aliphatic heterocycles. The Hall–Kier alpha value is -1.86. The molecule has 2 nitrogen and oxygen atoms in total. The Morgan fingerprint density at radius 3 is 2.04 bits per heavy atom. The second-order valence-corrected chi connectivity index (χ2v) is 6.02. The zero-order valence-corrected chi connectivity index (χ0v) is 14.1. The first-order valence-corrected chi connectivity index (χ1v) is 7.63. The number of halogens is 7. The van der Waals surface area contributed by atoms with E-state index in [1.54, 1.807) is 0 Å². The fourth-order valence-corrected chi connectivity index (χ4v) is 2.76. The molecule has 1 amide bonds. The van der Waals surface area contributed by atoms with Crippen LogP contribution in [0.5, 0.6) is 0 Å². The molecule has 0 spiro atoms. The van der Waals surface area contributed by atoms with Crippen molar-refractivity contribution in [1.29, 1.82) is 0 Å². The molecule has 0 bridgehead atoms. The number of rotatable bonds is 4. The summed E-state index contributed by atoms with van der Waals surface area (Å²) in [5.41, 5.74) is -0.736. The highest BCUT2D eigenvalue weighted by Gasteiger charge is 2.27. The molecule has 0 radical (unpaired) electrons. The zero-order chi connectivity index (χ0) is 18.9. The number of carbonyl (C=O) groups excluding carboxylic acids is 1. The minimum atomic E-state index is -2.28. The Morgan fingerprint density at radius 2 is 1.52 bits per heavy atom. The van der Waals surface area contributed by atoms with E-state index >= 15 is 0 Å². The summed E-state index contributed by atoms with van der Waals surface area (Å²) in [6, 6.07) is 3.81. The zero-order valence-electron chi connectivity index (χ0n) is 12.6. The molecule has 1 N–H and O–H groups in total. The van der Waals surface area contributed by atoms with E-state index in [2.05, 4.69) is 5.32 Å². The molecule has 0 saturated carbocycles. The van der Waals surface area contributed by atoms with Gasteiger partial charge in [-0.05, 0) is 24.6 Å². The molecule has 0 aromatic heterocycles. The van der Waals surface area contributed by atoms with Gasteiger partial charge in [0.2, 0.25) is 11.7 Å². The highest BCUT2D eigenvalue weighted by atomic mass is 35.5. The smallest absolute Gasteiger partial charge is 0.225 e. The predicted octanol–water partition coefficient (Wildman–Crippen LogP) is 5.11. The SMILES string of the molecule is C[C@H](NC(=O)Cc1c(F)c(F)c(F)c(F)c1F)c1ccc(Cl)cc1Cl. The van der Waals surface area contributed by atoms with Gasteiger partial charge in [0.05, 0.1) is 12.5 Å². The van der Waals surface area contributed by atoms with Crippen LogP contribution in [0.3, 0.4) is 0 Å². The van der Waals surface area contributed by atoms with E-state index in [0.29, 0.717) is 10.6 Å². The van der Waals surface area contributed by atoms with Crippen LogP contribution in [0.2, 0.25) is 10.0 Å². The van der Waals surface area contributed by atoms with Crippen LogP contribution in [0.1, 0.15) is 24.1 Å². The normalized spacial score (nSPS) is 12.2. The lowest BCUT2D eigenvalue weighted by atomic mass is 10.1. The third kappa shape index (κ3) is 4.04. The molecule has 0 fully saturated rings. The van der Waals surface area contributed by atoms with Crippen molar-refractivity contribution < 1.29 is 26.7 Å². The van der Waals surface area contributed by atoms with Crippen LogP contribution < -0.4 is 5.32 Å². The maximum absolute atomic E-state index is 13.6. The van der Waals surface area contributed by atoms with Crippen LogP contribution >= 0.6 is 23.2 Å². The minimum Gasteiger partial charge on any atom is -0.349 e. The van der Waals surface area contributed by atoms with Crippen LogP contribution in [-0.2, 0) is 11.2 Å². The average molecular weight is 398 g/mol. The highest BCUT2D eigenvalue weighted by Crippen LogP contribution is 2.27. The molecular formula is C16H10Cl2F5NO. The topological polar surface area (TPSA) is 29.1 Å². The number of amides is 1. The van der Waals surface area contributed by atoms with Crippen molar-refractivity contribution in [3.8, 4) is 0 Å². The van der Waals surface area contributed by atoms with Crippen LogP contribution in [0.4, 0.5) is 22.0 Å². The van der Waals surface area contributed by atoms with E-state index in [1.165, 1.54) is 25.1 Å². The van der Waals surface area contributed by atoms with Gasteiger partial charge in [-0.15, -0.1) is 0 Å². The Bertz CT molecular complexity index is 815. The summed E-state index contributed by atoms with van der Waals surface area (Å²) in [6.07, 6.45) is -1.03. The summed E-state index contributed by atoms with van der Waals surface area (Å²) in [4.78, 5) is 11.9. The second kappa shape index (κ2) is 7.58. The van der Waals surface area contributed by atoms with E-state index in [1.807, 2.05) is 0 Å². The van der Waals surface area contributed by atoms with Gasteiger partial charge in [-0.25, -0.2) is 22.0 Å². The molecule has 0 saturated heterocycles. The van der Waals surface area contributed by atoms with Gasteiger partial charge in [-0.2, -0.15) is 0 Å². The average Bonchev–Trinajstić information content (AvgIpc) is 2.55. The lowest BCUT2D eigenvalue weighted by Crippen LogP contribution is -2.29. The third-order valence-electron chi connectivity index (χ3n) is 3.44. The molecule has 0 heterocycles. The maximum Gasteiger partial charge on any atom is 0.225 e. The second-order valence-electron chi connectivity index (χ2n) is 5.18. The van der Waals surface area contributed by atoms with Crippen molar-refractivity contribution in [2.24, 2.45) is 0 Å². The standard InChI is InChI=1S/C16H10Cl2F5NO/c1-6(8-3-2-7(17)4-10(8)18)24-11(25)5-9-12(19)14(21)16(23)15(22)13(9)20/h2-4,6H,5H2,1H3,(H,24,25)/t6-/m0/s1. The monoisotopic (exact) mass is 397 g/mol. The van der Waals surface area contributed by atoms with Crippen molar-refractivity contribution in [3.63, 3.8) is 0 Å². The Kier molecular flexibility index (Phi) is 5.90. The molecule has 0 aliphatic rings. The molecule has 134 valence electrons. The van der Waals surface area contributed by atoms with Crippen molar-refractivity contribution >= 4 is 29.1 Å². The highest BCUT2D eigenvalue weighted by molar-refractivity contribution is 6.35. The fourth-order valence-electron chi connectivity index (χ4n) is 2.19. The van der Waals surface area contributed by atoms with Gasteiger partial charge < -0.3 is 5.32 Å². The summed E-state index contributed by atoms with van der Waals surface area (Å²) in [5.74, 6) is -11.5. The third-order valence-corrected chi connectivity index (χ3v) is 4.01. The molecule has 25 heavy (non-hydrogen) atoms. The van der Waals surface area contributed by atoms with Gasteiger partial charge in [0.15, 0.2) is 23.3 Å². The first-order valence-electron chi connectivity index (χ1n) is 6.88. The largest absolute Gasteiger partial charge is 0.349 e. The van der Waals surface area contributed by atoms with E-state index < -0.39 is 53.0 Å². The van der Waals surface area contributed by atoms with Crippen LogP contribution in [-0.4, -0.2) is 5.91 Å². The quantitative estimate of drug-likeness (QED) is 0.433. The number of carbonyl (C=O) groups is 1. The maximum atomic E-state index is 13.6. The molecule has 2 aromatic carbocycles. The first-order chi connectivity index (χ1) is 11.6. The fraction of sp³-hybridized carbons (Fsp3) is 0.188. The summed E-state index contributed by atoms with van der Waals surface area (Å²) in [5, 5.41) is 2.99. The minimum absolute atomic E-state index is 0.247. The lowest BCUT2D eigenvalue weighted by Gasteiger charge is -2.16. The van der Waals surface area contributed by atoms with Gasteiger partial charge in [0, 0.05) is 15.6 Å².